The molecule has 1 aliphatic heterocycles. The number of hydrogen-bond donors (Lipinski definition) is 2. The number of amides is 1. The van der Waals surface area contributed by atoms with Crippen LogP contribution in [0.15, 0.2) is 22.0 Å². The van der Waals surface area contributed by atoms with Gasteiger partial charge in [0, 0.05) is 47.5 Å². The van der Waals surface area contributed by atoms with Crippen molar-refractivity contribution in [1.29, 1.82) is 0 Å². The Morgan fingerprint density at radius 1 is 1.37 bits per heavy atom. The van der Waals surface area contributed by atoms with Crippen molar-refractivity contribution in [2.75, 3.05) is 25.5 Å². The summed E-state index contributed by atoms with van der Waals surface area (Å²) in [7, 11) is -1.32. The van der Waals surface area contributed by atoms with Crippen LogP contribution in [0.1, 0.15) is 48.2 Å². The molecule has 11 heteroatoms. The lowest BCUT2D eigenvalue weighted by Crippen LogP contribution is -2.43. The Morgan fingerprint density at radius 2 is 2.00 bits per heavy atom. The number of nitrogens with zero attached hydrogens (tertiary/aromatic N) is 2. The summed E-state index contributed by atoms with van der Waals surface area (Å²) < 4.78 is 27.1. The van der Waals surface area contributed by atoms with Gasteiger partial charge in [0.2, 0.25) is 10.0 Å². The van der Waals surface area contributed by atoms with Crippen molar-refractivity contribution in [3.63, 3.8) is 0 Å². The van der Waals surface area contributed by atoms with Crippen LogP contribution in [0.2, 0.25) is 0 Å². The van der Waals surface area contributed by atoms with Crippen LogP contribution in [-0.4, -0.2) is 55.1 Å². The van der Waals surface area contributed by atoms with Crippen molar-refractivity contribution in [2.24, 2.45) is 10.6 Å². The first kappa shape index (κ1) is 24.3. The third-order valence-electron chi connectivity index (χ3n) is 4.48. The highest BCUT2D eigenvalue weighted by atomic mass is 32.2. The third-order valence-corrected chi connectivity index (χ3v) is 9.33. The lowest BCUT2D eigenvalue weighted by molar-refractivity contribution is 0.100. The number of carbonyl (C=O) groups excluding carboxylic acids is 1. The third kappa shape index (κ3) is 6.25. The molecule has 0 unspecified atom stereocenters. The Kier molecular flexibility index (Phi) is 7.98. The standard InChI is InChI=1S/C19H28N4O4S2Si/c1-19(2,3)8-5-14-11-15(17(28-14)18(24)22-25)21-13-6-9-23(10-7-13)29(26,27)16(30)12-20-4/h11-13,20-21H,6-7,9-10H2,1-4,30H3/b16-12-. The molecule has 0 saturated carbocycles. The minimum absolute atomic E-state index is 0.0153. The van der Waals surface area contributed by atoms with E-state index in [2.05, 4.69) is 27.7 Å². The lowest BCUT2D eigenvalue weighted by atomic mass is 9.98. The van der Waals surface area contributed by atoms with Crippen molar-refractivity contribution < 1.29 is 13.2 Å². The fourth-order valence-electron chi connectivity index (χ4n) is 2.95. The average molecular weight is 469 g/mol. The maximum absolute atomic E-state index is 12.6. The fourth-order valence-corrected chi connectivity index (χ4v) is 6.23. The first-order chi connectivity index (χ1) is 14.0. The van der Waals surface area contributed by atoms with E-state index in [-0.39, 0.29) is 16.3 Å². The molecule has 164 valence electrons. The number of sulfonamides is 1. The number of thiophene rings is 1. The summed E-state index contributed by atoms with van der Waals surface area (Å²) >= 11 is 1.14. The number of nitrogens with one attached hydrogen (secondary N) is 2. The van der Waals surface area contributed by atoms with Gasteiger partial charge in [-0.1, -0.05) is 11.8 Å². The van der Waals surface area contributed by atoms with Gasteiger partial charge in [-0.2, -0.15) is 4.31 Å². The molecule has 1 aromatic heterocycles. The fraction of sp³-hybridized carbons (Fsp3) is 0.526. The van der Waals surface area contributed by atoms with Crippen LogP contribution in [0.3, 0.4) is 0 Å². The number of hydrogen-bond acceptors (Lipinski definition) is 7. The molecule has 0 atom stereocenters. The van der Waals surface area contributed by atoms with Gasteiger partial charge in [0.15, 0.2) is 0 Å². The number of anilines is 1. The molecule has 0 bridgehead atoms. The van der Waals surface area contributed by atoms with Gasteiger partial charge in [-0.3, -0.25) is 4.79 Å². The van der Waals surface area contributed by atoms with Crippen molar-refractivity contribution in [3.8, 4) is 11.8 Å². The maximum atomic E-state index is 12.6. The van der Waals surface area contributed by atoms with Gasteiger partial charge >= 0.3 is 5.91 Å². The van der Waals surface area contributed by atoms with Crippen LogP contribution in [0, 0.1) is 22.2 Å². The van der Waals surface area contributed by atoms with Crippen LogP contribution in [0.25, 0.3) is 0 Å². The largest absolute Gasteiger partial charge is 0.394 e. The van der Waals surface area contributed by atoms with Gasteiger partial charge in [0.25, 0.3) is 0 Å². The molecule has 2 N–H and O–H groups in total. The highest BCUT2D eigenvalue weighted by Gasteiger charge is 2.30. The van der Waals surface area contributed by atoms with E-state index in [9.17, 15) is 18.1 Å². The van der Waals surface area contributed by atoms with Crippen LogP contribution in [0.4, 0.5) is 5.69 Å². The zero-order chi connectivity index (χ0) is 22.5. The molecule has 1 saturated heterocycles. The number of rotatable bonds is 6. The van der Waals surface area contributed by atoms with Crippen molar-refractivity contribution >= 4 is 43.2 Å². The van der Waals surface area contributed by atoms with Crippen molar-refractivity contribution in [2.45, 2.75) is 39.7 Å². The molecular formula is C19H28N4O4S2Si. The zero-order valence-electron chi connectivity index (χ0n) is 17.9. The number of piperidine rings is 1. The van der Waals surface area contributed by atoms with Gasteiger partial charge in [0.05, 0.1) is 20.8 Å². The minimum Gasteiger partial charge on any atom is -0.394 e. The second-order valence-corrected chi connectivity index (χ2v) is 13.1. The molecule has 1 amide bonds. The number of nitroso groups, excluding NO2 is 1. The second-order valence-electron chi connectivity index (χ2n) is 8.12. The predicted molar refractivity (Wildman–Crippen MR) is 125 cm³/mol. The first-order valence-electron chi connectivity index (χ1n) is 9.63. The zero-order valence-corrected chi connectivity index (χ0v) is 21.5. The van der Waals surface area contributed by atoms with Crippen LogP contribution in [0.5, 0.6) is 0 Å². The van der Waals surface area contributed by atoms with Gasteiger partial charge < -0.3 is 10.6 Å². The maximum Gasteiger partial charge on any atom is 0.328 e. The molecule has 8 nitrogen and oxygen atoms in total. The van der Waals surface area contributed by atoms with E-state index < -0.39 is 15.9 Å². The minimum atomic E-state index is -3.42. The van der Waals surface area contributed by atoms with Gasteiger partial charge in [-0.25, -0.2) is 8.42 Å². The topological polar surface area (TPSA) is 108 Å². The summed E-state index contributed by atoms with van der Waals surface area (Å²) in [5.41, 5.74) is 0.342. The highest BCUT2D eigenvalue weighted by molar-refractivity contribution is 7.94. The molecule has 1 aromatic rings. The normalized spacial score (nSPS) is 16.6. The predicted octanol–water partition coefficient (Wildman–Crippen LogP) is 1.64. The summed E-state index contributed by atoms with van der Waals surface area (Å²) in [5.74, 6) is 5.33. The summed E-state index contributed by atoms with van der Waals surface area (Å²) in [6.45, 7) is 6.75. The molecule has 1 aliphatic rings. The van der Waals surface area contributed by atoms with Gasteiger partial charge in [0.1, 0.15) is 4.88 Å². The van der Waals surface area contributed by atoms with Crippen LogP contribution < -0.4 is 10.6 Å². The summed E-state index contributed by atoms with van der Waals surface area (Å²) in [5, 5.41) is 8.62. The van der Waals surface area contributed by atoms with Gasteiger partial charge in [-0.15, -0.1) is 16.2 Å². The summed E-state index contributed by atoms with van der Waals surface area (Å²) in [6.07, 6.45) is 2.71. The molecule has 1 fully saturated rings. The van der Waals surface area contributed by atoms with E-state index in [1.54, 1.807) is 13.1 Å². The second kappa shape index (κ2) is 9.87. The highest BCUT2D eigenvalue weighted by Crippen LogP contribution is 2.30. The Bertz CT molecular complexity index is 992. The molecule has 2 heterocycles. The van der Waals surface area contributed by atoms with E-state index in [1.165, 1.54) is 10.5 Å². The Balaban J connectivity index is 2.14. The lowest BCUT2D eigenvalue weighted by Gasteiger charge is -2.32. The van der Waals surface area contributed by atoms with Crippen LogP contribution in [-0.2, 0) is 10.0 Å². The molecule has 0 radical (unpaired) electrons. The molecule has 2 rings (SSSR count). The molecule has 0 aromatic carbocycles. The number of carbonyl (C=O) groups is 1. The Hall–Kier alpha value is -2.00. The van der Waals surface area contributed by atoms with Gasteiger partial charge in [-0.05, 0) is 39.7 Å². The monoisotopic (exact) mass is 468 g/mol. The molecule has 0 spiro atoms. The SMILES string of the molecule is CN/C=C(\[SiH3])S(=O)(=O)N1CCC(Nc2cc(C#CC(C)(C)C)sc2C(=O)N=O)CC1. The summed E-state index contributed by atoms with van der Waals surface area (Å²) in [6, 6.07) is 1.74. The quantitative estimate of drug-likeness (QED) is 0.373. The smallest absolute Gasteiger partial charge is 0.328 e. The Morgan fingerprint density at radius 3 is 2.53 bits per heavy atom. The Labute approximate surface area is 184 Å². The van der Waals surface area contributed by atoms with Crippen molar-refractivity contribution in [3.05, 3.63) is 31.5 Å². The van der Waals surface area contributed by atoms with E-state index in [1.807, 2.05) is 20.8 Å². The van der Waals surface area contributed by atoms with Crippen molar-refractivity contribution in [1.82, 2.24) is 9.62 Å². The summed E-state index contributed by atoms with van der Waals surface area (Å²) in [4.78, 5) is 23.7. The van der Waals surface area contributed by atoms with Crippen LogP contribution >= 0.6 is 11.3 Å². The van der Waals surface area contributed by atoms with E-state index in [0.29, 0.717) is 51.3 Å². The van der Waals surface area contributed by atoms with E-state index >= 15 is 0 Å². The first-order valence-corrected chi connectivity index (χ1v) is 12.9. The van der Waals surface area contributed by atoms with E-state index in [4.69, 9.17) is 0 Å². The molecular weight excluding hydrogens is 440 g/mol. The average Bonchev–Trinajstić information content (AvgIpc) is 3.08. The molecule has 0 aliphatic carbocycles. The molecule has 30 heavy (non-hydrogen) atoms. The van der Waals surface area contributed by atoms with E-state index in [0.717, 1.165) is 11.3 Å².